The van der Waals surface area contributed by atoms with Crippen LogP contribution in [0.4, 0.5) is 0 Å². The number of fused-ring (bicyclic) bond motifs is 5. The van der Waals surface area contributed by atoms with Crippen molar-refractivity contribution in [3.63, 3.8) is 0 Å². The van der Waals surface area contributed by atoms with E-state index >= 15 is 0 Å². The van der Waals surface area contributed by atoms with Gasteiger partial charge >= 0.3 is 0 Å². The molecule has 2 unspecified atom stereocenters. The fourth-order valence-electron chi connectivity index (χ4n) is 14.8. The summed E-state index contributed by atoms with van der Waals surface area (Å²) in [6.45, 7) is 15.8. The molecule has 7 rings (SSSR count). The van der Waals surface area contributed by atoms with Crippen LogP contribution >= 0.6 is 0 Å². The monoisotopic (exact) mass is 947 g/mol. The van der Waals surface area contributed by atoms with E-state index in [-0.39, 0.29) is 46.0 Å². The highest BCUT2D eigenvalue weighted by Gasteiger charge is 2.72. The average Bonchev–Trinajstić information content (AvgIpc) is 3.65. The van der Waals surface area contributed by atoms with Crippen molar-refractivity contribution in [1.29, 1.82) is 0 Å². The van der Waals surface area contributed by atoms with Gasteiger partial charge in [0.25, 0.3) is 0 Å². The Morgan fingerprint density at radius 3 is 1.74 bits per heavy atom. The summed E-state index contributed by atoms with van der Waals surface area (Å²) in [5.74, 6) is -0.128. The topological polar surface area (TPSA) is 298 Å². The highest BCUT2D eigenvalue weighted by Crippen LogP contribution is 2.76. The van der Waals surface area contributed by atoms with Gasteiger partial charge in [0.2, 0.25) is 0 Å². The molecule has 66 heavy (non-hydrogen) atoms. The zero-order valence-electron chi connectivity index (χ0n) is 40.0. The molecular formula is C48H82O18. The second kappa shape index (κ2) is 19.6. The van der Waals surface area contributed by atoms with Crippen LogP contribution < -0.4 is 0 Å². The molecule has 0 spiro atoms. The summed E-state index contributed by atoms with van der Waals surface area (Å²) in [4.78, 5) is 0. The van der Waals surface area contributed by atoms with Gasteiger partial charge in [-0.05, 0) is 124 Å². The molecule has 18 nitrogen and oxygen atoms in total. The fraction of sp³-hybridized carbons (Fsp3) is 0.958. The molecule has 7 fully saturated rings. The minimum absolute atomic E-state index is 0.133. The van der Waals surface area contributed by atoms with Gasteiger partial charge in [-0.2, -0.15) is 0 Å². The lowest BCUT2D eigenvalue weighted by Crippen LogP contribution is -2.67. The van der Waals surface area contributed by atoms with E-state index < -0.39 is 129 Å². The Bertz CT molecular complexity index is 1680. The Kier molecular flexibility index (Phi) is 15.7. The molecule has 382 valence electrons. The number of hydrogen-bond donors (Lipinski definition) is 12. The third kappa shape index (κ3) is 8.90. The summed E-state index contributed by atoms with van der Waals surface area (Å²) in [6, 6.07) is 0. The standard InChI is InChI=1S/C48H82O18/c1-22(2)10-9-14-48(8,66-43-40(60)37(57)34(54)27(64-43)21-61-41-38(58)35(55)32(52)25(19-49)62-41)23-11-16-47(7)31(23)24(51)18-29-45(5)15-13-30(44(3,4)28(45)12-17-46(29,47)6)65-42-39(59)36(56)33(53)26(20-50)63-42/h10,23-43,49-60H,9,11-21H2,1-8H3/t23-,24-,25+,26+,27+,28?,29+,30-,31?,32+,33+,34+,35-,36-,37-,38+,39+,40+,41+,42-,43-,45-,46+,47+,48-/m0/s1. The molecule has 0 amide bonds. The highest BCUT2D eigenvalue weighted by atomic mass is 16.7. The Hall–Kier alpha value is -0.980. The highest BCUT2D eigenvalue weighted by molar-refractivity contribution is 5.20. The lowest BCUT2D eigenvalue weighted by molar-refractivity contribution is -0.350. The zero-order valence-corrected chi connectivity index (χ0v) is 40.0. The molecular weight excluding hydrogens is 865 g/mol. The Balaban J connectivity index is 1.11. The van der Waals surface area contributed by atoms with Gasteiger partial charge in [-0.3, -0.25) is 0 Å². The van der Waals surface area contributed by atoms with Gasteiger partial charge in [-0.25, -0.2) is 0 Å². The minimum Gasteiger partial charge on any atom is -0.394 e. The number of ether oxygens (including phenoxy) is 6. The van der Waals surface area contributed by atoms with E-state index in [2.05, 4.69) is 40.7 Å². The van der Waals surface area contributed by atoms with E-state index in [9.17, 15) is 61.3 Å². The molecule has 3 aliphatic heterocycles. The lowest BCUT2D eigenvalue weighted by atomic mass is 9.35. The maximum Gasteiger partial charge on any atom is 0.187 e. The molecule has 0 bridgehead atoms. The Labute approximate surface area is 388 Å². The average molecular weight is 947 g/mol. The maximum absolute atomic E-state index is 12.7. The fourth-order valence-corrected chi connectivity index (χ4v) is 14.8. The molecule has 0 aromatic carbocycles. The maximum atomic E-state index is 12.7. The van der Waals surface area contributed by atoms with E-state index in [1.165, 1.54) is 0 Å². The van der Waals surface area contributed by atoms with Gasteiger partial charge in [0.1, 0.15) is 73.2 Å². The van der Waals surface area contributed by atoms with Crippen LogP contribution in [-0.2, 0) is 28.4 Å². The third-order valence-corrected chi connectivity index (χ3v) is 18.8. The van der Waals surface area contributed by atoms with E-state index in [0.717, 1.165) is 31.3 Å². The smallest absolute Gasteiger partial charge is 0.187 e. The van der Waals surface area contributed by atoms with Crippen LogP contribution in [0.5, 0.6) is 0 Å². The number of allylic oxidation sites excluding steroid dienone is 2. The predicted octanol–water partition coefficient (Wildman–Crippen LogP) is -0.0268. The van der Waals surface area contributed by atoms with Crippen LogP contribution in [0, 0.1) is 45.3 Å². The van der Waals surface area contributed by atoms with Crippen LogP contribution in [-0.4, -0.2) is 191 Å². The second-order valence-corrected chi connectivity index (χ2v) is 22.9. The summed E-state index contributed by atoms with van der Waals surface area (Å²) >= 11 is 0. The first-order valence-electron chi connectivity index (χ1n) is 24.4. The van der Waals surface area contributed by atoms with Crippen LogP contribution in [0.15, 0.2) is 11.6 Å². The van der Waals surface area contributed by atoms with Crippen LogP contribution in [0.25, 0.3) is 0 Å². The third-order valence-electron chi connectivity index (χ3n) is 18.8. The summed E-state index contributed by atoms with van der Waals surface area (Å²) in [5, 5.41) is 129. The molecule has 12 N–H and O–H groups in total. The van der Waals surface area contributed by atoms with Crippen molar-refractivity contribution in [2.75, 3.05) is 19.8 Å². The quantitative estimate of drug-likeness (QED) is 0.0853. The van der Waals surface area contributed by atoms with Gasteiger partial charge in [-0.15, -0.1) is 0 Å². The predicted molar refractivity (Wildman–Crippen MR) is 234 cm³/mol. The molecule has 3 saturated heterocycles. The van der Waals surface area contributed by atoms with E-state index in [1.54, 1.807) is 0 Å². The summed E-state index contributed by atoms with van der Waals surface area (Å²) in [6.07, 6.45) is -14.9. The molecule has 4 saturated carbocycles. The van der Waals surface area contributed by atoms with Gasteiger partial charge < -0.3 is 89.7 Å². The Morgan fingerprint density at radius 2 is 1.15 bits per heavy atom. The summed E-state index contributed by atoms with van der Waals surface area (Å²) in [7, 11) is 0. The second-order valence-electron chi connectivity index (χ2n) is 22.9. The van der Waals surface area contributed by atoms with Gasteiger partial charge in [-0.1, -0.05) is 46.3 Å². The van der Waals surface area contributed by atoms with Crippen LogP contribution in [0.2, 0.25) is 0 Å². The van der Waals surface area contributed by atoms with Crippen molar-refractivity contribution in [2.45, 2.75) is 223 Å². The minimum atomic E-state index is -1.72. The zero-order chi connectivity index (χ0) is 48.6. The van der Waals surface area contributed by atoms with Gasteiger partial charge in [0.15, 0.2) is 18.9 Å². The number of aliphatic hydroxyl groups is 12. The number of aliphatic hydroxyl groups excluding tert-OH is 12. The van der Waals surface area contributed by atoms with E-state index in [0.29, 0.717) is 32.1 Å². The normalized spacial score (nSPS) is 52.4. The first-order valence-corrected chi connectivity index (χ1v) is 24.4. The molecule has 0 aromatic rings. The van der Waals surface area contributed by atoms with Gasteiger partial charge in [0.05, 0.1) is 37.6 Å². The summed E-state index contributed by atoms with van der Waals surface area (Å²) in [5.41, 5.74) is -1.06. The van der Waals surface area contributed by atoms with Crippen molar-refractivity contribution in [1.82, 2.24) is 0 Å². The van der Waals surface area contributed by atoms with Crippen molar-refractivity contribution < 1.29 is 89.7 Å². The molecule has 7 aliphatic rings. The first-order chi connectivity index (χ1) is 30.8. The largest absolute Gasteiger partial charge is 0.394 e. The number of rotatable bonds is 13. The van der Waals surface area contributed by atoms with Crippen LogP contribution in [0.1, 0.15) is 113 Å². The lowest BCUT2D eigenvalue weighted by Gasteiger charge is -2.71. The SMILES string of the molecule is CC(C)=CCC[C@](C)(O[C@@H]1O[C@H](CO[C@@H]2O[C@H](CO)[C@@H](O)[C@H](O)[C@H]2O)[C@@H](O)[C@H](O)[C@H]1O)[C@H]1CC[C@]2(C)C1[C@@H](O)C[C@@H]1[C@@]3(C)CC[C@H](O[C@@H]4O[C@H](CO)[C@@H](O)[C@H](O)[C@H]4O)C(C)(C)C3CC[C@]12C. The number of hydrogen-bond acceptors (Lipinski definition) is 18. The molecule has 18 heteroatoms. The van der Waals surface area contributed by atoms with Crippen molar-refractivity contribution in [2.24, 2.45) is 45.3 Å². The van der Waals surface area contributed by atoms with Crippen molar-refractivity contribution >= 4 is 0 Å². The van der Waals surface area contributed by atoms with E-state index in [4.69, 9.17) is 28.4 Å². The van der Waals surface area contributed by atoms with Gasteiger partial charge in [0, 0.05) is 0 Å². The first kappa shape index (κ1) is 52.8. The molecule has 0 radical (unpaired) electrons. The molecule has 0 aromatic heterocycles. The summed E-state index contributed by atoms with van der Waals surface area (Å²) < 4.78 is 36.6. The Morgan fingerprint density at radius 1 is 0.621 bits per heavy atom. The van der Waals surface area contributed by atoms with E-state index in [1.807, 2.05) is 20.8 Å². The van der Waals surface area contributed by atoms with Crippen molar-refractivity contribution in [3.8, 4) is 0 Å². The molecule has 4 aliphatic carbocycles. The molecule has 25 atom stereocenters. The van der Waals surface area contributed by atoms with Crippen LogP contribution in [0.3, 0.4) is 0 Å². The molecule has 3 heterocycles. The van der Waals surface area contributed by atoms with Crippen molar-refractivity contribution in [3.05, 3.63) is 11.6 Å².